The molecular weight excluding hydrogens is 646 g/mol. The fourth-order valence-electron chi connectivity index (χ4n) is 8.94. The molecule has 2 aromatic rings. The number of rotatable bonds is 8. The minimum absolute atomic E-state index is 0.0496. The molecule has 3 N–H and O–H groups in total. The Labute approximate surface area is 272 Å². The fraction of sp³-hybridized carbons (Fsp3) is 0.625. The lowest BCUT2D eigenvalue weighted by Crippen LogP contribution is -2.49. The van der Waals surface area contributed by atoms with E-state index in [1.54, 1.807) is 0 Å². The Bertz CT molecular complexity index is 1580. The van der Waals surface area contributed by atoms with Gasteiger partial charge in [0.05, 0.1) is 37.4 Å². The average Bonchev–Trinajstić information content (AvgIpc) is 3.80. The topological polar surface area (TPSA) is 118 Å². The molecule has 10 nitrogen and oxygen atoms in total. The second kappa shape index (κ2) is 12.0. The first kappa shape index (κ1) is 32.9. The molecule has 5 atom stereocenters. The zero-order valence-electron chi connectivity index (χ0n) is 26.1. The first-order valence-corrected chi connectivity index (χ1v) is 16.2. The van der Waals surface area contributed by atoms with E-state index in [4.69, 9.17) is 9.47 Å². The highest BCUT2D eigenvalue weighted by Crippen LogP contribution is 2.56. The lowest BCUT2D eigenvalue weighted by Gasteiger charge is -2.40. The largest absolute Gasteiger partial charge is 0.480 e. The summed E-state index contributed by atoms with van der Waals surface area (Å²) in [6.07, 6.45) is -4.44. The molecule has 0 radical (unpaired) electrons. The number of methoxy groups -OCH3 is 1. The van der Waals surface area contributed by atoms with Gasteiger partial charge in [-0.3, -0.25) is 14.5 Å². The maximum Gasteiger partial charge on any atom is 0.417 e. The zero-order chi connectivity index (χ0) is 34.0. The predicted molar refractivity (Wildman–Crippen MR) is 159 cm³/mol. The number of ether oxygens (including phenoxy) is 2. The molecule has 1 unspecified atom stereocenters. The van der Waals surface area contributed by atoms with Crippen molar-refractivity contribution in [3.63, 3.8) is 0 Å². The van der Waals surface area contributed by atoms with E-state index in [1.807, 2.05) is 0 Å². The number of carbonyl (C=O) groups is 2. The van der Waals surface area contributed by atoms with Gasteiger partial charge in [0, 0.05) is 36.4 Å². The van der Waals surface area contributed by atoms with Crippen LogP contribution in [0.15, 0.2) is 24.5 Å². The van der Waals surface area contributed by atoms with Crippen molar-refractivity contribution in [2.45, 2.75) is 68.5 Å². The third-order valence-corrected chi connectivity index (χ3v) is 11.0. The minimum atomic E-state index is -5.29. The van der Waals surface area contributed by atoms with E-state index in [2.05, 4.69) is 30.8 Å². The summed E-state index contributed by atoms with van der Waals surface area (Å²) in [6, 6.07) is 1.15. The quantitative estimate of drug-likeness (QED) is 0.335. The second-order valence-electron chi connectivity index (χ2n) is 13.7. The number of halogens is 6. The van der Waals surface area contributed by atoms with Gasteiger partial charge in [-0.25, -0.2) is 9.97 Å². The molecule has 260 valence electrons. The average molecular weight is 683 g/mol. The van der Waals surface area contributed by atoms with Crippen molar-refractivity contribution in [3.8, 4) is 5.88 Å². The number of benzene rings is 1. The molecule has 2 heterocycles. The number of carbonyl (C=O) groups excluding carboxylic acids is 2. The molecule has 16 heteroatoms. The van der Waals surface area contributed by atoms with Crippen LogP contribution in [0.5, 0.6) is 5.88 Å². The van der Waals surface area contributed by atoms with Crippen LogP contribution in [0.2, 0.25) is 0 Å². The Morgan fingerprint density at radius 1 is 0.958 bits per heavy atom. The van der Waals surface area contributed by atoms with Crippen molar-refractivity contribution in [2.75, 3.05) is 44.0 Å². The number of aromatic nitrogens is 2. The monoisotopic (exact) mass is 682 g/mol. The van der Waals surface area contributed by atoms with Gasteiger partial charge in [0.25, 0.3) is 5.91 Å². The number of fused-ring (bicyclic) bond motifs is 3. The van der Waals surface area contributed by atoms with Crippen molar-refractivity contribution >= 4 is 23.3 Å². The number of nitrogens with one attached hydrogen (secondary N) is 3. The Hall–Kier alpha value is -3.66. The summed E-state index contributed by atoms with van der Waals surface area (Å²) in [6.45, 7) is 3.18. The lowest BCUT2D eigenvalue weighted by atomic mass is 9.76. The van der Waals surface area contributed by atoms with Gasteiger partial charge in [0.15, 0.2) is 0 Å². The molecule has 6 fully saturated rings. The smallest absolute Gasteiger partial charge is 0.417 e. The molecule has 5 aliphatic carbocycles. The van der Waals surface area contributed by atoms with E-state index >= 15 is 0 Å². The van der Waals surface area contributed by atoms with E-state index in [0.29, 0.717) is 56.0 Å². The van der Waals surface area contributed by atoms with Crippen LogP contribution in [0.25, 0.3) is 0 Å². The summed E-state index contributed by atoms with van der Waals surface area (Å²) in [5.41, 5.74) is -4.30. The lowest BCUT2D eigenvalue weighted by molar-refractivity contribution is -0.162. The summed E-state index contributed by atoms with van der Waals surface area (Å²) in [5, 5.41) is 8.91. The molecule has 4 bridgehead atoms. The van der Waals surface area contributed by atoms with Crippen LogP contribution >= 0.6 is 0 Å². The minimum Gasteiger partial charge on any atom is -0.480 e. The molecular formula is C32H36F6N6O4. The van der Waals surface area contributed by atoms with Crippen molar-refractivity contribution in [1.29, 1.82) is 0 Å². The van der Waals surface area contributed by atoms with Crippen LogP contribution in [-0.4, -0.2) is 77.7 Å². The summed E-state index contributed by atoms with van der Waals surface area (Å²) >= 11 is 0. The SMILES string of the molecule is COc1ncnc(NC23CC(C2)C(N2CCOCC2)C3)c1C(=O)N[C@@H]1[C@H]2CC[C@H](C2)[C@@H]1C(=O)Nc1ccc(C(F)(F)F)c(C(F)(F)F)c1. The number of anilines is 2. The van der Waals surface area contributed by atoms with E-state index in [0.717, 1.165) is 44.8 Å². The standard InChI is InChI=1S/C32H36F6N6O4/c1-47-29-24(26(39-15-40-29)43-30-12-18(13-30)22(14-30)44-6-8-48-9-7-44)28(46)42-25-17-3-2-16(10-17)23(25)27(45)41-19-4-5-20(31(33,34)35)21(11-19)32(36,37)38/h4-5,11,15-18,22-23,25H,2-3,6-10,12-14H2,1H3,(H,41,45)(H,42,46)(H,39,40,43)/t16-,17+,18?,22?,23+,25-,30?/m1/s1. The molecule has 8 rings (SSSR count). The highest BCUT2D eigenvalue weighted by Gasteiger charge is 2.58. The molecule has 0 spiro atoms. The van der Waals surface area contributed by atoms with E-state index in [1.165, 1.54) is 13.4 Å². The van der Waals surface area contributed by atoms with E-state index < -0.39 is 52.9 Å². The number of amides is 2. The first-order valence-electron chi connectivity index (χ1n) is 16.2. The highest BCUT2D eigenvalue weighted by atomic mass is 19.4. The molecule has 6 aliphatic rings. The van der Waals surface area contributed by atoms with Gasteiger partial charge in [0.1, 0.15) is 17.7 Å². The van der Waals surface area contributed by atoms with E-state index in [-0.39, 0.29) is 28.8 Å². The number of alkyl halides is 6. The second-order valence-corrected chi connectivity index (χ2v) is 13.7. The third-order valence-electron chi connectivity index (χ3n) is 11.0. The Morgan fingerprint density at radius 2 is 1.67 bits per heavy atom. The van der Waals surface area contributed by atoms with Gasteiger partial charge in [-0.1, -0.05) is 0 Å². The Morgan fingerprint density at radius 3 is 2.35 bits per heavy atom. The maximum atomic E-state index is 14.0. The maximum absolute atomic E-state index is 14.0. The Kier molecular flexibility index (Phi) is 8.24. The molecule has 1 aromatic carbocycles. The fourth-order valence-corrected chi connectivity index (χ4v) is 8.94. The number of hydrogen-bond acceptors (Lipinski definition) is 8. The van der Waals surface area contributed by atoms with Crippen molar-refractivity contribution < 1.29 is 45.4 Å². The summed E-state index contributed by atoms with van der Waals surface area (Å²) < 4.78 is 91.5. The number of hydrogen-bond donors (Lipinski definition) is 3. The van der Waals surface area contributed by atoms with Gasteiger partial charge in [-0.2, -0.15) is 26.3 Å². The van der Waals surface area contributed by atoms with Crippen LogP contribution in [0, 0.1) is 23.7 Å². The normalized spacial score (nSPS) is 31.3. The molecule has 1 aromatic heterocycles. The molecule has 5 saturated carbocycles. The predicted octanol–water partition coefficient (Wildman–Crippen LogP) is 4.97. The van der Waals surface area contributed by atoms with Crippen LogP contribution in [0.1, 0.15) is 60.0 Å². The highest BCUT2D eigenvalue weighted by molar-refractivity contribution is 6.02. The van der Waals surface area contributed by atoms with Gasteiger partial charge in [-0.05, 0) is 74.5 Å². The van der Waals surface area contributed by atoms with Crippen LogP contribution in [-0.2, 0) is 21.9 Å². The summed E-state index contributed by atoms with van der Waals surface area (Å²) in [4.78, 5) is 38.6. The summed E-state index contributed by atoms with van der Waals surface area (Å²) in [7, 11) is 1.39. The van der Waals surface area contributed by atoms with Crippen LogP contribution in [0.4, 0.5) is 37.8 Å². The molecule has 2 amide bonds. The molecule has 1 aliphatic heterocycles. The third kappa shape index (κ3) is 5.94. The van der Waals surface area contributed by atoms with Crippen molar-refractivity contribution in [3.05, 3.63) is 41.2 Å². The van der Waals surface area contributed by atoms with Gasteiger partial charge < -0.3 is 25.4 Å². The Balaban J connectivity index is 1.09. The molecule has 48 heavy (non-hydrogen) atoms. The zero-order valence-corrected chi connectivity index (χ0v) is 26.1. The van der Waals surface area contributed by atoms with Crippen LogP contribution < -0.4 is 20.7 Å². The summed E-state index contributed by atoms with van der Waals surface area (Å²) in [5.74, 6) is -1.39. The van der Waals surface area contributed by atoms with Gasteiger partial charge in [0.2, 0.25) is 11.8 Å². The van der Waals surface area contributed by atoms with Gasteiger partial charge >= 0.3 is 12.4 Å². The number of nitrogens with zero attached hydrogens (tertiary/aromatic N) is 3. The number of morpholine rings is 1. The first-order chi connectivity index (χ1) is 22.8. The van der Waals surface area contributed by atoms with Gasteiger partial charge in [-0.15, -0.1) is 0 Å². The van der Waals surface area contributed by atoms with Crippen molar-refractivity contribution in [1.82, 2.24) is 20.2 Å². The van der Waals surface area contributed by atoms with Crippen molar-refractivity contribution in [2.24, 2.45) is 23.7 Å². The van der Waals surface area contributed by atoms with Crippen LogP contribution in [0.3, 0.4) is 0 Å². The van der Waals surface area contributed by atoms with E-state index in [9.17, 15) is 35.9 Å². The molecule has 1 saturated heterocycles.